The summed E-state index contributed by atoms with van der Waals surface area (Å²) in [7, 11) is 0. The van der Waals surface area contributed by atoms with E-state index < -0.39 is 0 Å². The lowest BCUT2D eigenvalue weighted by atomic mass is 10.1. The van der Waals surface area contributed by atoms with Crippen LogP contribution in [0.1, 0.15) is 23.0 Å². The van der Waals surface area contributed by atoms with E-state index in [2.05, 4.69) is 17.3 Å². The van der Waals surface area contributed by atoms with Gasteiger partial charge < -0.3 is 10.2 Å². The second-order valence-electron chi connectivity index (χ2n) is 5.48. The van der Waals surface area contributed by atoms with E-state index in [4.69, 9.17) is 0 Å². The van der Waals surface area contributed by atoms with Crippen LogP contribution < -0.4 is 5.32 Å². The monoisotopic (exact) mass is 320 g/mol. The summed E-state index contributed by atoms with van der Waals surface area (Å²) in [6, 6.07) is 9.85. The average molecular weight is 321 g/mol. The van der Waals surface area contributed by atoms with E-state index in [9.17, 15) is 4.79 Å². The molecule has 1 aliphatic rings. The molecular formula is C16H21ClN4O. The molecule has 0 aliphatic carbocycles. The number of carbonyl (C=O) groups is 1. The predicted octanol–water partition coefficient (Wildman–Crippen LogP) is 2.04. The van der Waals surface area contributed by atoms with E-state index in [1.165, 1.54) is 0 Å². The molecule has 1 fully saturated rings. The van der Waals surface area contributed by atoms with Gasteiger partial charge in [0.25, 0.3) is 5.91 Å². The van der Waals surface area contributed by atoms with E-state index in [1.807, 2.05) is 46.8 Å². The van der Waals surface area contributed by atoms with Crippen molar-refractivity contribution in [1.82, 2.24) is 20.0 Å². The number of carbonyl (C=O) groups excluding carboxylic acids is 1. The van der Waals surface area contributed by atoms with Crippen molar-refractivity contribution in [3.05, 3.63) is 47.8 Å². The van der Waals surface area contributed by atoms with Gasteiger partial charge in [0.05, 0.1) is 5.69 Å². The lowest BCUT2D eigenvalue weighted by molar-refractivity contribution is 0.0656. The molecule has 0 saturated carbocycles. The fourth-order valence-electron chi connectivity index (χ4n) is 2.69. The molecule has 1 aromatic carbocycles. The Bertz CT molecular complexity index is 638. The van der Waals surface area contributed by atoms with Gasteiger partial charge in [0.15, 0.2) is 0 Å². The molecule has 0 spiro atoms. The quantitative estimate of drug-likeness (QED) is 0.921. The largest absolute Gasteiger partial charge is 0.333 e. The molecule has 2 heterocycles. The molecule has 3 rings (SSSR count). The molecule has 118 valence electrons. The van der Waals surface area contributed by atoms with Crippen molar-refractivity contribution >= 4 is 18.3 Å². The van der Waals surface area contributed by atoms with Crippen LogP contribution in [0.5, 0.6) is 0 Å². The van der Waals surface area contributed by atoms with E-state index in [0.29, 0.717) is 0 Å². The number of halogens is 1. The minimum Gasteiger partial charge on any atom is -0.333 e. The maximum atomic E-state index is 12.6. The molecule has 0 radical (unpaired) electrons. The van der Waals surface area contributed by atoms with Crippen LogP contribution in [-0.4, -0.2) is 46.3 Å². The number of amides is 1. The van der Waals surface area contributed by atoms with Gasteiger partial charge in [0, 0.05) is 43.1 Å². The summed E-state index contributed by atoms with van der Waals surface area (Å²) in [6.45, 7) is 6.57. The van der Waals surface area contributed by atoms with Gasteiger partial charge in [-0.2, -0.15) is 5.10 Å². The standard InChI is InChI=1S/C16H20N4O.ClH/c1-12-7-8-18-20(12)15-5-3-14(4-6-15)16(21)19-10-9-17-11-13(19)2;/h3-8,13,17H,9-11H2,1-2H3;1H/t13-;/m0./s1. The third-order valence-electron chi connectivity index (χ3n) is 3.95. The number of aromatic nitrogens is 2. The van der Waals surface area contributed by atoms with E-state index in [-0.39, 0.29) is 24.4 Å². The van der Waals surface area contributed by atoms with Crippen LogP contribution in [0.2, 0.25) is 0 Å². The molecule has 22 heavy (non-hydrogen) atoms. The van der Waals surface area contributed by atoms with Crippen molar-refractivity contribution in [3.8, 4) is 5.69 Å². The third-order valence-corrected chi connectivity index (χ3v) is 3.95. The number of aryl methyl sites for hydroxylation is 1. The van der Waals surface area contributed by atoms with Gasteiger partial charge in [-0.15, -0.1) is 12.4 Å². The number of hydrogen-bond donors (Lipinski definition) is 1. The van der Waals surface area contributed by atoms with Crippen LogP contribution >= 0.6 is 12.4 Å². The zero-order valence-corrected chi connectivity index (χ0v) is 13.6. The number of benzene rings is 1. The molecule has 0 bridgehead atoms. The normalized spacial score (nSPS) is 17.9. The number of hydrogen-bond acceptors (Lipinski definition) is 3. The van der Waals surface area contributed by atoms with Crippen LogP contribution in [0.15, 0.2) is 36.5 Å². The molecule has 2 aromatic rings. The molecule has 1 saturated heterocycles. The van der Waals surface area contributed by atoms with Gasteiger partial charge >= 0.3 is 0 Å². The Kier molecular flexibility index (Phi) is 5.21. The topological polar surface area (TPSA) is 50.2 Å². The predicted molar refractivity (Wildman–Crippen MR) is 88.9 cm³/mol. The van der Waals surface area contributed by atoms with Gasteiger partial charge in [0.2, 0.25) is 0 Å². The first-order valence-corrected chi connectivity index (χ1v) is 7.29. The van der Waals surface area contributed by atoms with Crippen LogP contribution in [-0.2, 0) is 0 Å². The summed E-state index contributed by atoms with van der Waals surface area (Å²) in [6.07, 6.45) is 1.77. The van der Waals surface area contributed by atoms with Gasteiger partial charge in [-0.1, -0.05) is 0 Å². The Morgan fingerprint density at radius 2 is 2.00 bits per heavy atom. The second kappa shape index (κ2) is 6.94. The van der Waals surface area contributed by atoms with Crippen molar-refractivity contribution in [2.75, 3.05) is 19.6 Å². The van der Waals surface area contributed by atoms with Crippen LogP contribution in [0.3, 0.4) is 0 Å². The molecule has 1 aromatic heterocycles. The minimum atomic E-state index is 0. The molecular weight excluding hydrogens is 300 g/mol. The van der Waals surface area contributed by atoms with E-state index in [1.54, 1.807) is 6.20 Å². The van der Waals surface area contributed by atoms with Gasteiger partial charge in [-0.05, 0) is 44.2 Å². The zero-order valence-electron chi connectivity index (χ0n) is 12.8. The fourth-order valence-corrected chi connectivity index (χ4v) is 2.69. The molecule has 0 unspecified atom stereocenters. The van der Waals surface area contributed by atoms with Crippen molar-refractivity contribution in [2.45, 2.75) is 19.9 Å². The molecule has 1 atom stereocenters. The van der Waals surface area contributed by atoms with E-state index >= 15 is 0 Å². The summed E-state index contributed by atoms with van der Waals surface area (Å²) in [5.74, 6) is 0.104. The Labute approximate surface area is 136 Å². The molecule has 1 amide bonds. The van der Waals surface area contributed by atoms with Gasteiger partial charge in [-0.25, -0.2) is 4.68 Å². The summed E-state index contributed by atoms with van der Waals surface area (Å²) in [5, 5.41) is 7.57. The van der Waals surface area contributed by atoms with Crippen LogP contribution in [0, 0.1) is 6.92 Å². The fraction of sp³-hybridized carbons (Fsp3) is 0.375. The maximum absolute atomic E-state index is 12.6. The molecule has 1 aliphatic heterocycles. The Balaban J connectivity index is 0.00000176. The number of nitrogens with zero attached hydrogens (tertiary/aromatic N) is 3. The van der Waals surface area contributed by atoms with Crippen molar-refractivity contribution < 1.29 is 4.79 Å². The first kappa shape index (κ1) is 16.5. The second-order valence-corrected chi connectivity index (χ2v) is 5.48. The van der Waals surface area contributed by atoms with Gasteiger partial charge in [0.1, 0.15) is 0 Å². The van der Waals surface area contributed by atoms with Crippen molar-refractivity contribution in [1.29, 1.82) is 0 Å². The number of nitrogens with one attached hydrogen (secondary N) is 1. The molecule has 1 N–H and O–H groups in total. The van der Waals surface area contributed by atoms with E-state index in [0.717, 1.165) is 36.6 Å². The first-order valence-electron chi connectivity index (χ1n) is 7.29. The average Bonchev–Trinajstić information content (AvgIpc) is 2.93. The highest BCUT2D eigenvalue weighted by atomic mass is 35.5. The smallest absolute Gasteiger partial charge is 0.254 e. The van der Waals surface area contributed by atoms with Crippen molar-refractivity contribution in [2.24, 2.45) is 0 Å². The van der Waals surface area contributed by atoms with Crippen LogP contribution in [0.25, 0.3) is 5.69 Å². The van der Waals surface area contributed by atoms with Crippen molar-refractivity contribution in [3.63, 3.8) is 0 Å². The SMILES string of the molecule is Cc1ccnn1-c1ccc(C(=O)N2CCNC[C@@H]2C)cc1.Cl. The summed E-state index contributed by atoms with van der Waals surface area (Å²) >= 11 is 0. The summed E-state index contributed by atoms with van der Waals surface area (Å²) in [4.78, 5) is 14.5. The third kappa shape index (κ3) is 3.15. The highest BCUT2D eigenvalue weighted by Gasteiger charge is 2.23. The lowest BCUT2D eigenvalue weighted by Crippen LogP contribution is -2.52. The Morgan fingerprint density at radius 1 is 1.27 bits per heavy atom. The molecule has 5 nitrogen and oxygen atoms in total. The highest BCUT2D eigenvalue weighted by Crippen LogP contribution is 2.14. The Hall–Kier alpha value is -1.85. The number of rotatable bonds is 2. The summed E-state index contributed by atoms with van der Waals surface area (Å²) < 4.78 is 1.86. The van der Waals surface area contributed by atoms with Crippen LogP contribution in [0.4, 0.5) is 0 Å². The lowest BCUT2D eigenvalue weighted by Gasteiger charge is -2.34. The summed E-state index contributed by atoms with van der Waals surface area (Å²) in [5.41, 5.74) is 2.78. The maximum Gasteiger partial charge on any atom is 0.254 e. The zero-order chi connectivity index (χ0) is 14.8. The minimum absolute atomic E-state index is 0. The Morgan fingerprint density at radius 3 is 2.59 bits per heavy atom. The first-order chi connectivity index (χ1) is 10.2. The number of piperazine rings is 1. The molecule has 6 heteroatoms. The highest BCUT2D eigenvalue weighted by molar-refractivity contribution is 5.94. The van der Waals surface area contributed by atoms with Gasteiger partial charge in [-0.3, -0.25) is 4.79 Å².